The number of carbonyl (C=O) groups excluding carboxylic acids is 1. The fourth-order valence-electron chi connectivity index (χ4n) is 2.46. The number of benzene rings is 2. The van der Waals surface area contributed by atoms with Crippen LogP contribution in [-0.2, 0) is 14.8 Å². The van der Waals surface area contributed by atoms with Crippen molar-refractivity contribution in [3.05, 3.63) is 60.2 Å². The molecule has 1 amide bonds. The van der Waals surface area contributed by atoms with Crippen LogP contribution in [-0.4, -0.2) is 26.5 Å². The molecule has 0 aliphatic rings. The smallest absolute Gasteiger partial charge is 0.248 e. The summed E-state index contributed by atoms with van der Waals surface area (Å²) in [6, 6.07) is 13.5. The molecule has 7 heteroatoms. The number of sulfonamides is 1. The first-order valence-corrected chi connectivity index (χ1v) is 10.4. The second kappa shape index (κ2) is 9.03. The zero-order chi connectivity index (χ0) is 20.8. The van der Waals surface area contributed by atoms with Crippen LogP contribution >= 0.6 is 0 Å². The van der Waals surface area contributed by atoms with Gasteiger partial charge < -0.3 is 10.1 Å². The Balaban J connectivity index is 2.13. The van der Waals surface area contributed by atoms with Crippen LogP contribution < -0.4 is 14.8 Å². The first-order valence-electron chi connectivity index (χ1n) is 8.96. The Kier molecular flexibility index (Phi) is 6.99. The van der Waals surface area contributed by atoms with Gasteiger partial charge in [0.05, 0.1) is 11.5 Å². The summed E-state index contributed by atoms with van der Waals surface area (Å²) in [5.41, 5.74) is 0.573. The van der Waals surface area contributed by atoms with Gasteiger partial charge in [0.1, 0.15) is 5.75 Å². The van der Waals surface area contributed by atoms with E-state index in [1.54, 1.807) is 39.0 Å². The minimum Gasteiger partial charge on any atom is -0.493 e. The van der Waals surface area contributed by atoms with Crippen molar-refractivity contribution in [1.82, 2.24) is 4.72 Å². The van der Waals surface area contributed by atoms with E-state index in [0.717, 1.165) is 5.56 Å². The highest BCUT2D eigenvalue weighted by molar-refractivity contribution is 7.89. The minimum atomic E-state index is -3.68. The highest BCUT2D eigenvalue weighted by atomic mass is 32.2. The van der Waals surface area contributed by atoms with Gasteiger partial charge in [-0.2, -0.15) is 0 Å². The fourth-order valence-corrected chi connectivity index (χ4v) is 3.92. The van der Waals surface area contributed by atoms with Gasteiger partial charge in [-0.05, 0) is 58.0 Å². The third-order valence-corrected chi connectivity index (χ3v) is 5.24. The van der Waals surface area contributed by atoms with Crippen LogP contribution in [0.5, 0.6) is 5.75 Å². The molecule has 0 radical (unpaired) electrons. The number of carbonyl (C=O) groups is 1. The van der Waals surface area contributed by atoms with Crippen LogP contribution in [0.3, 0.4) is 0 Å². The Hall–Kier alpha value is -2.64. The molecule has 2 N–H and O–H groups in total. The molecular weight excluding hydrogens is 376 g/mol. The van der Waals surface area contributed by atoms with E-state index in [1.807, 2.05) is 31.2 Å². The lowest BCUT2D eigenvalue weighted by molar-refractivity contribution is -0.111. The normalized spacial score (nSPS) is 12.1. The topological polar surface area (TPSA) is 84.5 Å². The maximum atomic E-state index is 12.4. The standard InChI is InChI=1S/C21H26N2O4S/c1-5-27-19-12-7-6-9-16(19)13-14-20(24)22-17-10-8-11-18(15-17)28(25,26)23-21(2,3)4/h6-15,23H,5H2,1-4H3,(H,22,24)/b14-13+. The summed E-state index contributed by atoms with van der Waals surface area (Å²) in [6.07, 6.45) is 3.04. The molecule has 2 rings (SSSR count). The predicted octanol–water partition coefficient (Wildman–Crippen LogP) is 3.81. The fraction of sp³-hybridized carbons (Fsp3) is 0.286. The summed E-state index contributed by atoms with van der Waals surface area (Å²) in [6.45, 7) is 7.72. The molecule has 0 saturated heterocycles. The van der Waals surface area contributed by atoms with E-state index in [4.69, 9.17) is 4.74 Å². The first kappa shape index (κ1) is 21.7. The Morgan fingerprint density at radius 3 is 2.50 bits per heavy atom. The lowest BCUT2D eigenvalue weighted by atomic mass is 10.1. The Labute approximate surface area is 166 Å². The quantitative estimate of drug-likeness (QED) is 0.690. The molecule has 0 aromatic heterocycles. The summed E-state index contributed by atoms with van der Waals surface area (Å²) in [7, 11) is -3.68. The third-order valence-electron chi connectivity index (χ3n) is 3.49. The summed E-state index contributed by atoms with van der Waals surface area (Å²) < 4.78 is 33.0. The van der Waals surface area contributed by atoms with Crippen molar-refractivity contribution in [1.29, 1.82) is 0 Å². The average Bonchev–Trinajstić information content (AvgIpc) is 2.59. The van der Waals surface area contributed by atoms with Crippen LogP contribution in [0.1, 0.15) is 33.3 Å². The number of ether oxygens (including phenoxy) is 1. The van der Waals surface area contributed by atoms with Gasteiger partial charge in [-0.15, -0.1) is 0 Å². The summed E-state index contributed by atoms with van der Waals surface area (Å²) in [5.74, 6) is 0.319. The molecule has 0 spiro atoms. The van der Waals surface area contributed by atoms with Crippen molar-refractivity contribution in [2.24, 2.45) is 0 Å². The van der Waals surface area contributed by atoms with E-state index >= 15 is 0 Å². The maximum Gasteiger partial charge on any atom is 0.248 e. The monoisotopic (exact) mass is 402 g/mol. The maximum absolute atomic E-state index is 12.4. The van der Waals surface area contributed by atoms with Gasteiger partial charge in [0, 0.05) is 22.9 Å². The number of nitrogens with one attached hydrogen (secondary N) is 2. The summed E-state index contributed by atoms with van der Waals surface area (Å²) in [4.78, 5) is 12.3. The van der Waals surface area contributed by atoms with E-state index in [-0.39, 0.29) is 10.8 Å². The van der Waals surface area contributed by atoms with Crippen molar-refractivity contribution >= 4 is 27.7 Å². The van der Waals surface area contributed by atoms with Crippen LogP contribution in [0.4, 0.5) is 5.69 Å². The molecular formula is C21H26N2O4S. The van der Waals surface area contributed by atoms with E-state index in [9.17, 15) is 13.2 Å². The molecule has 0 atom stereocenters. The molecule has 0 aliphatic heterocycles. The van der Waals surface area contributed by atoms with Gasteiger partial charge in [-0.25, -0.2) is 13.1 Å². The number of hydrogen-bond donors (Lipinski definition) is 2. The number of para-hydroxylation sites is 1. The third kappa shape index (κ3) is 6.51. The molecule has 0 fully saturated rings. The van der Waals surface area contributed by atoms with Gasteiger partial charge >= 0.3 is 0 Å². The Morgan fingerprint density at radius 1 is 1.11 bits per heavy atom. The van der Waals surface area contributed by atoms with Gasteiger partial charge in [0.25, 0.3) is 0 Å². The van der Waals surface area contributed by atoms with Gasteiger partial charge in [-0.1, -0.05) is 24.3 Å². The highest BCUT2D eigenvalue weighted by Crippen LogP contribution is 2.20. The molecule has 0 bridgehead atoms. The van der Waals surface area contributed by atoms with Crippen LogP contribution in [0, 0.1) is 0 Å². The van der Waals surface area contributed by atoms with Crippen molar-refractivity contribution in [2.45, 2.75) is 38.1 Å². The number of amides is 1. The molecule has 6 nitrogen and oxygen atoms in total. The molecule has 0 heterocycles. The second-order valence-corrected chi connectivity index (χ2v) is 8.86. The van der Waals surface area contributed by atoms with E-state index in [2.05, 4.69) is 10.0 Å². The van der Waals surface area contributed by atoms with Crippen molar-refractivity contribution in [3.8, 4) is 5.75 Å². The van der Waals surface area contributed by atoms with Gasteiger partial charge in [0.2, 0.25) is 15.9 Å². The molecule has 150 valence electrons. The number of anilines is 1. The molecule has 2 aromatic carbocycles. The van der Waals surface area contributed by atoms with Crippen molar-refractivity contribution < 1.29 is 17.9 Å². The lowest BCUT2D eigenvalue weighted by Crippen LogP contribution is -2.40. The number of rotatable bonds is 7. The Bertz CT molecular complexity index is 960. The van der Waals surface area contributed by atoms with Crippen LogP contribution in [0.15, 0.2) is 59.5 Å². The molecule has 0 aliphatic carbocycles. The van der Waals surface area contributed by atoms with Crippen LogP contribution in [0.2, 0.25) is 0 Å². The zero-order valence-corrected chi connectivity index (χ0v) is 17.3. The van der Waals surface area contributed by atoms with E-state index in [0.29, 0.717) is 18.0 Å². The second-order valence-electron chi connectivity index (χ2n) is 7.18. The SMILES string of the molecule is CCOc1ccccc1/C=C/C(=O)Nc1cccc(S(=O)(=O)NC(C)(C)C)c1. The summed E-state index contributed by atoms with van der Waals surface area (Å²) >= 11 is 0. The number of hydrogen-bond acceptors (Lipinski definition) is 4. The molecule has 28 heavy (non-hydrogen) atoms. The predicted molar refractivity (Wildman–Crippen MR) is 112 cm³/mol. The molecule has 2 aromatic rings. The minimum absolute atomic E-state index is 0.0888. The van der Waals surface area contributed by atoms with Gasteiger partial charge in [0.15, 0.2) is 0 Å². The molecule has 0 saturated carbocycles. The van der Waals surface area contributed by atoms with E-state index in [1.165, 1.54) is 18.2 Å². The summed E-state index contributed by atoms with van der Waals surface area (Å²) in [5, 5.41) is 2.68. The van der Waals surface area contributed by atoms with Crippen molar-refractivity contribution in [3.63, 3.8) is 0 Å². The van der Waals surface area contributed by atoms with Crippen molar-refractivity contribution in [2.75, 3.05) is 11.9 Å². The average molecular weight is 403 g/mol. The first-order chi connectivity index (χ1) is 13.1. The van der Waals surface area contributed by atoms with E-state index < -0.39 is 15.6 Å². The Morgan fingerprint density at radius 2 is 1.82 bits per heavy atom. The highest BCUT2D eigenvalue weighted by Gasteiger charge is 2.22. The lowest BCUT2D eigenvalue weighted by Gasteiger charge is -2.20. The van der Waals surface area contributed by atoms with Gasteiger partial charge in [-0.3, -0.25) is 4.79 Å². The van der Waals surface area contributed by atoms with Crippen LogP contribution in [0.25, 0.3) is 6.08 Å². The zero-order valence-electron chi connectivity index (χ0n) is 16.5. The largest absolute Gasteiger partial charge is 0.493 e. The molecule has 0 unspecified atom stereocenters.